The zero-order valence-corrected chi connectivity index (χ0v) is 10.2. The predicted octanol–water partition coefficient (Wildman–Crippen LogP) is 0.0576. The lowest BCUT2D eigenvalue weighted by Crippen LogP contribution is -2.48. The third kappa shape index (κ3) is 2.84. The van der Waals surface area contributed by atoms with Gasteiger partial charge in [-0.05, 0) is 18.2 Å². The van der Waals surface area contributed by atoms with E-state index in [1.807, 2.05) is 17.0 Å². The Bertz CT molecular complexity index is 442. The lowest BCUT2D eigenvalue weighted by molar-refractivity contribution is -0.138. The molecule has 1 fully saturated rings. The SMILES string of the molecule is Nc1ccc(N2CCN(CC(=O)O)CC2)cc1N. The summed E-state index contributed by atoms with van der Waals surface area (Å²) in [5.74, 6) is -0.778. The smallest absolute Gasteiger partial charge is 0.317 e. The number of nitrogens with two attached hydrogens (primary N) is 2. The number of benzene rings is 1. The highest BCUT2D eigenvalue weighted by Gasteiger charge is 2.19. The second-order valence-corrected chi connectivity index (χ2v) is 4.47. The Morgan fingerprint density at radius 3 is 2.39 bits per heavy atom. The van der Waals surface area contributed by atoms with Crippen LogP contribution in [0.1, 0.15) is 0 Å². The molecule has 1 aliphatic rings. The molecule has 0 bridgehead atoms. The third-order valence-corrected chi connectivity index (χ3v) is 3.17. The molecule has 18 heavy (non-hydrogen) atoms. The number of aliphatic carboxylic acids is 1. The maximum atomic E-state index is 10.6. The van der Waals surface area contributed by atoms with Crippen LogP contribution in [0.3, 0.4) is 0 Å². The van der Waals surface area contributed by atoms with E-state index in [2.05, 4.69) is 4.90 Å². The van der Waals surface area contributed by atoms with Gasteiger partial charge in [0, 0.05) is 31.9 Å². The Labute approximate surface area is 106 Å². The maximum absolute atomic E-state index is 10.6. The van der Waals surface area contributed by atoms with Gasteiger partial charge in [0.05, 0.1) is 17.9 Å². The zero-order valence-electron chi connectivity index (χ0n) is 10.2. The van der Waals surface area contributed by atoms with E-state index in [9.17, 15) is 4.79 Å². The minimum Gasteiger partial charge on any atom is -0.480 e. The minimum atomic E-state index is -0.778. The van der Waals surface area contributed by atoms with E-state index in [0.29, 0.717) is 11.4 Å². The van der Waals surface area contributed by atoms with Crippen molar-refractivity contribution in [3.05, 3.63) is 18.2 Å². The summed E-state index contributed by atoms with van der Waals surface area (Å²) in [5.41, 5.74) is 13.7. The first kappa shape index (κ1) is 12.5. The van der Waals surface area contributed by atoms with Crippen LogP contribution >= 0.6 is 0 Å². The molecule has 1 saturated heterocycles. The van der Waals surface area contributed by atoms with Gasteiger partial charge in [-0.3, -0.25) is 9.69 Å². The molecule has 6 nitrogen and oxygen atoms in total. The number of hydrogen-bond acceptors (Lipinski definition) is 5. The fourth-order valence-electron chi connectivity index (χ4n) is 2.11. The highest BCUT2D eigenvalue weighted by Crippen LogP contribution is 2.23. The predicted molar refractivity (Wildman–Crippen MR) is 71.6 cm³/mol. The van der Waals surface area contributed by atoms with Crippen molar-refractivity contribution in [2.45, 2.75) is 0 Å². The van der Waals surface area contributed by atoms with Crippen LogP contribution in [0.25, 0.3) is 0 Å². The topological polar surface area (TPSA) is 95.8 Å². The van der Waals surface area contributed by atoms with Gasteiger partial charge in [-0.2, -0.15) is 0 Å². The fourth-order valence-corrected chi connectivity index (χ4v) is 2.11. The number of carboxylic acid groups (broad SMARTS) is 1. The van der Waals surface area contributed by atoms with E-state index in [4.69, 9.17) is 16.6 Å². The lowest BCUT2D eigenvalue weighted by Gasteiger charge is -2.35. The number of carbonyl (C=O) groups is 1. The van der Waals surface area contributed by atoms with Crippen molar-refractivity contribution in [3.63, 3.8) is 0 Å². The van der Waals surface area contributed by atoms with E-state index in [0.717, 1.165) is 31.9 Å². The molecule has 6 heteroatoms. The molecule has 0 aromatic heterocycles. The number of carboxylic acids is 1. The van der Waals surface area contributed by atoms with Crippen molar-refractivity contribution < 1.29 is 9.90 Å². The standard InChI is InChI=1S/C12H18N4O2/c13-10-2-1-9(7-11(10)14)16-5-3-15(4-6-16)8-12(17)18/h1-2,7H,3-6,8,13-14H2,(H,17,18). The molecule has 5 N–H and O–H groups in total. The van der Waals surface area contributed by atoms with Crippen LogP contribution in [-0.4, -0.2) is 48.7 Å². The third-order valence-electron chi connectivity index (χ3n) is 3.17. The summed E-state index contributed by atoms with van der Waals surface area (Å²) < 4.78 is 0. The molecule has 1 aliphatic heterocycles. The highest BCUT2D eigenvalue weighted by molar-refractivity contribution is 5.70. The molecule has 1 aromatic rings. The average Bonchev–Trinajstić information content (AvgIpc) is 2.33. The van der Waals surface area contributed by atoms with Crippen LogP contribution in [-0.2, 0) is 4.79 Å². The van der Waals surface area contributed by atoms with Crippen molar-refractivity contribution in [1.82, 2.24) is 4.90 Å². The average molecular weight is 250 g/mol. The summed E-state index contributed by atoms with van der Waals surface area (Å²) >= 11 is 0. The van der Waals surface area contributed by atoms with Gasteiger partial charge in [0.25, 0.3) is 0 Å². The first-order valence-electron chi connectivity index (χ1n) is 5.90. The first-order chi connectivity index (χ1) is 8.56. The van der Waals surface area contributed by atoms with Crippen LogP contribution in [0.2, 0.25) is 0 Å². The number of nitrogen functional groups attached to an aromatic ring is 2. The van der Waals surface area contributed by atoms with Crippen molar-refractivity contribution >= 4 is 23.0 Å². The fraction of sp³-hybridized carbons (Fsp3) is 0.417. The monoisotopic (exact) mass is 250 g/mol. The molecular weight excluding hydrogens is 232 g/mol. The van der Waals surface area contributed by atoms with Gasteiger partial charge in [0.1, 0.15) is 0 Å². The molecule has 0 unspecified atom stereocenters. The van der Waals surface area contributed by atoms with E-state index >= 15 is 0 Å². The molecule has 0 amide bonds. The van der Waals surface area contributed by atoms with Gasteiger partial charge in [-0.25, -0.2) is 0 Å². The molecule has 0 radical (unpaired) electrons. The van der Waals surface area contributed by atoms with Crippen LogP contribution in [0.15, 0.2) is 18.2 Å². The molecule has 0 spiro atoms. The van der Waals surface area contributed by atoms with Gasteiger partial charge < -0.3 is 21.5 Å². The molecule has 0 aliphatic carbocycles. The number of hydrogen-bond donors (Lipinski definition) is 3. The molecule has 1 heterocycles. The Morgan fingerprint density at radius 2 is 1.83 bits per heavy atom. The van der Waals surface area contributed by atoms with Crippen molar-refractivity contribution in [2.75, 3.05) is 49.1 Å². The Morgan fingerprint density at radius 1 is 1.17 bits per heavy atom. The Kier molecular flexibility index (Phi) is 3.57. The summed E-state index contributed by atoms with van der Waals surface area (Å²) in [6.45, 7) is 3.21. The molecule has 0 saturated carbocycles. The molecular formula is C12H18N4O2. The maximum Gasteiger partial charge on any atom is 0.317 e. The Hall–Kier alpha value is -1.95. The second-order valence-electron chi connectivity index (χ2n) is 4.47. The Balaban J connectivity index is 1.96. The molecule has 1 aromatic carbocycles. The van der Waals surface area contributed by atoms with Crippen LogP contribution in [0, 0.1) is 0 Å². The van der Waals surface area contributed by atoms with Gasteiger partial charge in [-0.15, -0.1) is 0 Å². The van der Waals surface area contributed by atoms with Gasteiger partial charge >= 0.3 is 5.97 Å². The summed E-state index contributed by atoms with van der Waals surface area (Å²) in [5, 5.41) is 8.73. The van der Waals surface area contributed by atoms with Gasteiger partial charge in [0.2, 0.25) is 0 Å². The summed E-state index contributed by atoms with van der Waals surface area (Å²) in [6.07, 6.45) is 0. The van der Waals surface area contributed by atoms with Gasteiger partial charge in [-0.1, -0.05) is 0 Å². The van der Waals surface area contributed by atoms with E-state index < -0.39 is 5.97 Å². The summed E-state index contributed by atoms with van der Waals surface area (Å²) in [7, 11) is 0. The van der Waals surface area contributed by atoms with Crippen molar-refractivity contribution in [1.29, 1.82) is 0 Å². The largest absolute Gasteiger partial charge is 0.480 e. The zero-order chi connectivity index (χ0) is 13.1. The molecule has 98 valence electrons. The van der Waals surface area contributed by atoms with Crippen molar-refractivity contribution in [3.8, 4) is 0 Å². The highest BCUT2D eigenvalue weighted by atomic mass is 16.4. The normalized spacial score (nSPS) is 16.8. The number of anilines is 3. The van der Waals surface area contributed by atoms with Crippen molar-refractivity contribution in [2.24, 2.45) is 0 Å². The molecule has 0 atom stereocenters. The van der Waals surface area contributed by atoms with E-state index in [-0.39, 0.29) is 6.54 Å². The van der Waals surface area contributed by atoms with Crippen LogP contribution in [0.5, 0.6) is 0 Å². The summed E-state index contributed by atoms with van der Waals surface area (Å²) in [6, 6.07) is 5.61. The molecule has 2 rings (SSSR count). The van der Waals surface area contributed by atoms with E-state index in [1.54, 1.807) is 6.07 Å². The second kappa shape index (κ2) is 5.14. The van der Waals surface area contributed by atoms with E-state index in [1.165, 1.54) is 0 Å². The van der Waals surface area contributed by atoms with Gasteiger partial charge in [0.15, 0.2) is 0 Å². The summed E-state index contributed by atoms with van der Waals surface area (Å²) in [4.78, 5) is 14.7. The number of piperazine rings is 1. The quantitative estimate of drug-likeness (QED) is 0.656. The first-order valence-corrected chi connectivity index (χ1v) is 5.90. The van der Waals surface area contributed by atoms with Crippen LogP contribution in [0.4, 0.5) is 17.1 Å². The lowest BCUT2D eigenvalue weighted by atomic mass is 10.2. The number of rotatable bonds is 3. The number of nitrogens with zero attached hydrogens (tertiary/aromatic N) is 2. The van der Waals surface area contributed by atoms with Crippen LogP contribution < -0.4 is 16.4 Å². The minimum absolute atomic E-state index is 0.109.